The van der Waals surface area contributed by atoms with Gasteiger partial charge in [-0.25, -0.2) is 17.8 Å². The summed E-state index contributed by atoms with van der Waals surface area (Å²) in [6.45, 7) is 2.38. The normalized spacial score (nSPS) is 18.4. The van der Waals surface area contributed by atoms with Crippen molar-refractivity contribution in [3.63, 3.8) is 0 Å². The highest BCUT2D eigenvalue weighted by Crippen LogP contribution is 2.26. The molecule has 1 aromatic heterocycles. The number of carbonyl (C=O) groups is 1. The second kappa shape index (κ2) is 7.19. The molecule has 1 aliphatic rings. The zero-order valence-corrected chi connectivity index (χ0v) is 15.2. The Balaban J connectivity index is 1.74. The van der Waals surface area contributed by atoms with Crippen LogP contribution < -0.4 is 5.32 Å². The number of nitrogens with zero attached hydrogens (tertiary/aromatic N) is 2. The lowest BCUT2D eigenvalue weighted by Crippen LogP contribution is -2.45. The number of sulfonamides is 1. The molecule has 1 saturated heterocycles. The van der Waals surface area contributed by atoms with Crippen LogP contribution in [0.15, 0.2) is 34.5 Å². The number of aromatic nitrogens is 1. The zero-order valence-electron chi connectivity index (χ0n) is 13.6. The zero-order chi connectivity index (χ0) is 18.0. The highest BCUT2D eigenvalue weighted by molar-refractivity contribution is 7.89. The Hall–Kier alpha value is -1.84. The van der Waals surface area contributed by atoms with Crippen LogP contribution in [0.25, 0.3) is 0 Å². The van der Waals surface area contributed by atoms with Crippen LogP contribution in [-0.4, -0.2) is 36.2 Å². The topological polar surface area (TPSA) is 79.4 Å². The van der Waals surface area contributed by atoms with Gasteiger partial charge >= 0.3 is 0 Å². The van der Waals surface area contributed by atoms with Gasteiger partial charge in [0.25, 0.3) is 0 Å². The van der Waals surface area contributed by atoms with Gasteiger partial charge in [-0.3, -0.25) is 4.79 Å². The molecule has 9 heteroatoms. The van der Waals surface area contributed by atoms with E-state index in [9.17, 15) is 17.6 Å². The molecule has 2 heterocycles. The fourth-order valence-corrected chi connectivity index (χ4v) is 5.14. The summed E-state index contributed by atoms with van der Waals surface area (Å²) in [5, 5.41) is 5.50. The van der Waals surface area contributed by atoms with Crippen LogP contribution in [0.1, 0.15) is 23.5 Å². The van der Waals surface area contributed by atoms with Crippen molar-refractivity contribution in [2.75, 3.05) is 6.54 Å². The van der Waals surface area contributed by atoms with E-state index in [0.29, 0.717) is 12.8 Å². The molecule has 6 nitrogen and oxygen atoms in total. The van der Waals surface area contributed by atoms with Crippen LogP contribution in [0.3, 0.4) is 0 Å². The fourth-order valence-electron chi connectivity index (χ4n) is 2.84. The van der Waals surface area contributed by atoms with Gasteiger partial charge in [-0.2, -0.15) is 4.31 Å². The Morgan fingerprint density at radius 2 is 2.28 bits per heavy atom. The van der Waals surface area contributed by atoms with E-state index in [1.165, 1.54) is 29.5 Å². The van der Waals surface area contributed by atoms with E-state index in [4.69, 9.17) is 0 Å². The van der Waals surface area contributed by atoms with E-state index < -0.39 is 21.9 Å². The van der Waals surface area contributed by atoms with Gasteiger partial charge < -0.3 is 5.32 Å². The molecule has 0 aliphatic carbocycles. The number of amides is 1. The monoisotopic (exact) mass is 383 g/mol. The molecule has 1 amide bonds. The number of thiazole rings is 1. The van der Waals surface area contributed by atoms with Crippen molar-refractivity contribution in [1.29, 1.82) is 0 Å². The van der Waals surface area contributed by atoms with Gasteiger partial charge in [-0.1, -0.05) is 6.07 Å². The molecule has 0 spiro atoms. The van der Waals surface area contributed by atoms with Gasteiger partial charge in [-0.05, 0) is 38.0 Å². The maximum atomic E-state index is 13.4. The molecule has 0 unspecified atom stereocenters. The predicted molar refractivity (Wildman–Crippen MR) is 92.0 cm³/mol. The van der Waals surface area contributed by atoms with Crippen molar-refractivity contribution in [3.05, 3.63) is 46.2 Å². The Morgan fingerprint density at radius 1 is 1.48 bits per heavy atom. The molecule has 0 saturated carbocycles. The van der Waals surface area contributed by atoms with E-state index in [1.807, 2.05) is 12.3 Å². The molecule has 1 aromatic carbocycles. The molecule has 1 fully saturated rings. The second-order valence-corrected chi connectivity index (χ2v) is 8.76. The summed E-state index contributed by atoms with van der Waals surface area (Å²) in [4.78, 5) is 16.6. The van der Waals surface area contributed by atoms with E-state index >= 15 is 0 Å². The van der Waals surface area contributed by atoms with Crippen molar-refractivity contribution >= 4 is 27.3 Å². The third-order valence-corrected chi connectivity index (χ3v) is 6.75. The molecular formula is C16H18FN3O3S2. The minimum Gasteiger partial charge on any atom is -0.349 e. The second-order valence-electron chi connectivity index (χ2n) is 5.81. The number of benzene rings is 1. The Bertz CT molecular complexity index is 882. The summed E-state index contributed by atoms with van der Waals surface area (Å²) in [5.41, 5.74) is 0.744. The lowest BCUT2D eigenvalue weighted by atomic mass is 10.2. The lowest BCUT2D eigenvalue weighted by Gasteiger charge is -2.23. The number of hydrogen-bond acceptors (Lipinski definition) is 5. The highest BCUT2D eigenvalue weighted by Gasteiger charge is 2.39. The molecule has 1 atom stereocenters. The molecule has 134 valence electrons. The molecule has 1 aliphatic heterocycles. The van der Waals surface area contributed by atoms with E-state index in [0.717, 1.165) is 21.1 Å². The van der Waals surface area contributed by atoms with Crippen LogP contribution >= 0.6 is 11.3 Å². The molecule has 2 aromatic rings. The molecule has 1 N–H and O–H groups in total. The minimum absolute atomic E-state index is 0.137. The van der Waals surface area contributed by atoms with Gasteiger partial charge in [0.2, 0.25) is 15.9 Å². The fraction of sp³-hybridized carbons (Fsp3) is 0.375. The van der Waals surface area contributed by atoms with Crippen LogP contribution in [-0.2, 0) is 21.4 Å². The first-order valence-electron chi connectivity index (χ1n) is 7.84. The average molecular weight is 383 g/mol. The summed E-state index contributed by atoms with van der Waals surface area (Å²) in [6.07, 6.45) is 1.03. The molecule has 0 bridgehead atoms. The standard InChI is InChI=1S/C16H18FN3O3S2/c1-11-19-13(10-24-11)9-18-16(21)15-6-3-7-20(15)25(22,23)14-5-2-4-12(17)8-14/h2,4-5,8,10,15H,3,6-7,9H2,1H3,(H,18,21)/t15-/m1/s1. The number of hydrogen-bond donors (Lipinski definition) is 1. The van der Waals surface area contributed by atoms with Gasteiger partial charge in [0, 0.05) is 11.9 Å². The first-order chi connectivity index (χ1) is 11.9. The SMILES string of the molecule is Cc1nc(CNC(=O)[C@H]2CCCN2S(=O)(=O)c2cccc(F)c2)cs1. The Kier molecular flexibility index (Phi) is 5.16. The quantitative estimate of drug-likeness (QED) is 0.857. The minimum atomic E-state index is -3.92. The number of carbonyl (C=O) groups excluding carboxylic acids is 1. The van der Waals surface area contributed by atoms with Crippen LogP contribution in [0.5, 0.6) is 0 Å². The van der Waals surface area contributed by atoms with E-state index in [1.54, 1.807) is 0 Å². The average Bonchev–Trinajstić information content (AvgIpc) is 3.22. The predicted octanol–water partition coefficient (Wildman–Crippen LogP) is 2.06. The first kappa shape index (κ1) is 18.0. The summed E-state index contributed by atoms with van der Waals surface area (Å²) < 4.78 is 40.0. The lowest BCUT2D eigenvalue weighted by molar-refractivity contribution is -0.124. The van der Waals surface area contributed by atoms with Crippen molar-refractivity contribution in [1.82, 2.24) is 14.6 Å². The maximum absolute atomic E-state index is 13.4. The molecule has 25 heavy (non-hydrogen) atoms. The Labute approximate surface area is 149 Å². The van der Waals surface area contributed by atoms with Gasteiger partial charge in [0.1, 0.15) is 11.9 Å². The van der Waals surface area contributed by atoms with Gasteiger partial charge in [-0.15, -0.1) is 11.3 Å². The third kappa shape index (κ3) is 3.88. The van der Waals surface area contributed by atoms with Gasteiger partial charge in [0.15, 0.2) is 0 Å². The summed E-state index contributed by atoms with van der Waals surface area (Å²) in [7, 11) is -3.92. The number of halogens is 1. The third-order valence-electron chi connectivity index (χ3n) is 4.02. The van der Waals surface area contributed by atoms with Crippen LogP contribution in [0.2, 0.25) is 0 Å². The van der Waals surface area contributed by atoms with Crippen LogP contribution in [0.4, 0.5) is 4.39 Å². The molecular weight excluding hydrogens is 365 g/mol. The smallest absolute Gasteiger partial charge is 0.243 e. The van der Waals surface area contributed by atoms with Crippen LogP contribution in [0, 0.1) is 12.7 Å². The summed E-state index contributed by atoms with van der Waals surface area (Å²) in [5.74, 6) is -0.983. The van der Waals surface area contributed by atoms with Crippen molar-refractivity contribution in [2.24, 2.45) is 0 Å². The van der Waals surface area contributed by atoms with Gasteiger partial charge in [0.05, 0.1) is 22.1 Å². The van der Waals surface area contributed by atoms with E-state index in [2.05, 4.69) is 10.3 Å². The molecule has 0 radical (unpaired) electrons. The molecule has 3 rings (SSSR count). The van der Waals surface area contributed by atoms with Crippen molar-refractivity contribution < 1.29 is 17.6 Å². The van der Waals surface area contributed by atoms with Crippen molar-refractivity contribution in [2.45, 2.75) is 37.2 Å². The Morgan fingerprint density at radius 3 is 2.96 bits per heavy atom. The van der Waals surface area contributed by atoms with E-state index in [-0.39, 0.29) is 23.9 Å². The summed E-state index contributed by atoms with van der Waals surface area (Å²) in [6, 6.07) is 4.05. The highest BCUT2D eigenvalue weighted by atomic mass is 32.2. The largest absolute Gasteiger partial charge is 0.349 e. The number of aryl methyl sites for hydroxylation is 1. The first-order valence-corrected chi connectivity index (χ1v) is 10.2. The summed E-state index contributed by atoms with van der Waals surface area (Å²) >= 11 is 1.49. The van der Waals surface area contributed by atoms with Crippen molar-refractivity contribution in [3.8, 4) is 0 Å². The maximum Gasteiger partial charge on any atom is 0.243 e. The number of rotatable bonds is 5. The number of nitrogens with one attached hydrogen (secondary N) is 1.